The molecule has 1 aliphatic carbocycles. The van der Waals surface area contributed by atoms with E-state index in [1.807, 2.05) is 0 Å². The van der Waals surface area contributed by atoms with Gasteiger partial charge in [-0.25, -0.2) is 18.0 Å². The minimum absolute atomic E-state index is 0.0620. The van der Waals surface area contributed by atoms with Crippen molar-refractivity contribution in [3.8, 4) is 0 Å². The number of carboxylic acids is 1. The molecule has 0 saturated heterocycles. The summed E-state index contributed by atoms with van der Waals surface area (Å²) in [6.45, 7) is 0. The van der Waals surface area contributed by atoms with E-state index in [2.05, 4.69) is 4.98 Å². The van der Waals surface area contributed by atoms with Crippen molar-refractivity contribution >= 4 is 16.9 Å². The van der Waals surface area contributed by atoms with Crippen LogP contribution in [0.25, 0.3) is 10.9 Å². The lowest BCUT2D eigenvalue weighted by molar-refractivity contribution is 0.0696. The minimum atomic E-state index is -2.85. The second-order valence-electron chi connectivity index (χ2n) is 4.61. The van der Waals surface area contributed by atoms with Crippen LogP contribution in [0.5, 0.6) is 0 Å². The molecule has 1 atom stereocenters. The van der Waals surface area contributed by atoms with Crippen molar-refractivity contribution in [1.82, 2.24) is 4.98 Å². The fourth-order valence-electron chi connectivity index (χ4n) is 2.10. The van der Waals surface area contributed by atoms with E-state index in [-0.39, 0.29) is 22.9 Å². The van der Waals surface area contributed by atoms with Crippen molar-refractivity contribution < 1.29 is 23.1 Å². The summed E-state index contributed by atoms with van der Waals surface area (Å²) in [5.74, 6) is -5.88. The summed E-state index contributed by atoms with van der Waals surface area (Å²) in [5.41, 5.74) is 0.175. The minimum Gasteiger partial charge on any atom is -0.478 e. The number of carboxylic acid groups (broad SMARTS) is 1. The number of rotatable bonds is 2. The van der Waals surface area contributed by atoms with Crippen LogP contribution in [0.4, 0.5) is 13.2 Å². The molecule has 3 rings (SSSR count). The van der Waals surface area contributed by atoms with Crippen molar-refractivity contribution in [3.05, 3.63) is 41.3 Å². The van der Waals surface area contributed by atoms with Crippen LogP contribution in [0.15, 0.2) is 24.4 Å². The second-order valence-corrected chi connectivity index (χ2v) is 4.61. The number of halogens is 3. The fraction of sp³-hybridized carbons (Fsp3) is 0.231. The van der Waals surface area contributed by atoms with E-state index in [0.29, 0.717) is 5.52 Å². The number of hydrogen-bond donors (Lipinski definition) is 1. The highest BCUT2D eigenvalue weighted by Gasteiger charge is 2.58. The van der Waals surface area contributed by atoms with Gasteiger partial charge < -0.3 is 5.11 Å². The van der Waals surface area contributed by atoms with Crippen LogP contribution < -0.4 is 0 Å². The summed E-state index contributed by atoms with van der Waals surface area (Å²) in [4.78, 5) is 14.6. The van der Waals surface area contributed by atoms with Gasteiger partial charge in [0.2, 0.25) is 0 Å². The topological polar surface area (TPSA) is 50.2 Å². The highest BCUT2D eigenvalue weighted by atomic mass is 19.3. The average molecular weight is 267 g/mol. The first kappa shape index (κ1) is 12.0. The van der Waals surface area contributed by atoms with Crippen LogP contribution in [0.3, 0.4) is 0 Å². The third kappa shape index (κ3) is 1.93. The molecule has 1 aromatic heterocycles. The number of hydrogen-bond acceptors (Lipinski definition) is 2. The van der Waals surface area contributed by atoms with Crippen molar-refractivity contribution in [1.29, 1.82) is 0 Å². The summed E-state index contributed by atoms with van der Waals surface area (Å²) in [7, 11) is 0. The molecule has 1 unspecified atom stereocenters. The molecule has 1 heterocycles. The first-order valence-corrected chi connectivity index (χ1v) is 5.59. The number of aromatic carboxylic acids is 1. The summed E-state index contributed by atoms with van der Waals surface area (Å²) in [6.07, 6.45) is 0.764. The van der Waals surface area contributed by atoms with E-state index in [1.165, 1.54) is 12.1 Å². The average Bonchev–Trinajstić information content (AvgIpc) is 2.96. The Balaban J connectivity index is 2.12. The third-order valence-corrected chi connectivity index (χ3v) is 3.25. The molecule has 98 valence electrons. The van der Waals surface area contributed by atoms with Crippen molar-refractivity contribution in [3.63, 3.8) is 0 Å². The lowest BCUT2D eigenvalue weighted by Crippen LogP contribution is -1.99. The largest absolute Gasteiger partial charge is 0.478 e. The van der Waals surface area contributed by atoms with Gasteiger partial charge in [-0.1, -0.05) is 0 Å². The Morgan fingerprint density at radius 3 is 2.63 bits per heavy atom. The number of pyridine rings is 1. The molecule has 0 aliphatic heterocycles. The molecule has 1 aliphatic rings. The van der Waals surface area contributed by atoms with Crippen LogP contribution in [0.1, 0.15) is 28.3 Å². The molecule has 6 heteroatoms. The predicted octanol–water partition coefficient (Wildman–Crippen LogP) is 3.19. The van der Waals surface area contributed by atoms with E-state index >= 15 is 0 Å². The Labute approximate surface area is 105 Å². The number of alkyl halides is 2. The monoisotopic (exact) mass is 267 g/mol. The number of fused-ring (bicyclic) bond motifs is 1. The van der Waals surface area contributed by atoms with Gasteiger partial charge in [-0.05, 0) is 23.8 Å². The van der Waals surface area contributed by atoms with E-state index in [4.69, 9.17) is 5.11 Å². The zero-order valence-electron chi connectivity index (χ0n) is 9.53. The maximum atomic E-state index is 13.8. The molecule has 2 aromatic rings. The molecular weight excluding hydrogens is 259 g/mol. The van der Waals surface area contributed by atoms with Crippen molar-refractivity contribution in [2.75, 3.05) is 0 Å². The van der Waals surface area contributed by atoms with Crippen LogP contribution in [0, 0.1) is 5.82 Å². The van der Waals surface area contributed by atoms with E-state index in [1.54, 1.807) is 0 Å². The molecule has 0 amide bonds. The molecule has 3 nitrogen and oxygen atoms in total. The lowest BCUT2D eigenvalue weighted by Gasteiger charge is -2.05. The van der Waals surface area contributed by atoms with Gasteiger partial charge in [0.05, 0.1) is 17.0 Å². The van der Waals surface area contributed by atoms with Crippen molar-refractivity contribution in [2.24, 2.45) is 0 Å². The molecule has 0 radical (unpaired) electrons. The zero-order chi connectivity index (χ0) is 13.8. The maximum absolute atomic E-state index is 13.8. The Kier molecular flexibility index (Phi) is 2.32. The zero-order valence-corrected chi connectivity index (χ0v) is 9.53. The molecule has 1 fully saturated rings. The normalized spacial score (nSPS) is 20.5. The van der Waals surface area contributed by atoms with Crippen LogP contribution in [-0.4, -0.2) is 22.0 Å². The number of nitrogens with zero attached hydrogens (tertiary/aromatic N) is 1. The van der Waals surface area contributed by atoms with E-state index < -0.39 is 23.6 Å². The van der Waals surface area contributed by atoms with Gasteiger partial charge in [-0.3, -0.25) is 4.98 Å². The van der Waals surface area contributed by atoms with Gasteiger partial charge >= 0.3 is 5.97 Å². The van der Waals surface area contributed by atoms with Gasteiger partial charge in [0.15, 0.2) is 0 Å². The summed E-state index contributed by atoms with van der Waals surface area (Å²) < 4.78 is 39.7. The molecule has 1 aromatic carbocycles. The first-order chi connectivity index (χ1) is 8.88. The Hall–Kier alpha value is -2.11. The highest BCUT2D eigenvalue weighted by Crippen LogP contribution is 2.56. The Morgan fingerprint density at radius 1 is 1.37 bits per heavy atom. The van der Waals surface area contributed by atoms with E-state index in [9.17, 15) is 18.0 Å². The van der Waals surface area contributed by atoms with Gasteiger partial charge in [-0.2, -0.15) is 0 Å². The summed E-state index contributed by atoms with van der Waals surface area (Å²) in [6, 6.07) is 3.59. The first-order valence-electron chi connectivity index (χ1n) is 5.59. The highest BCUT2D eigenvalue weighted by molar-refractivity contribution is 5.92. The second kappa shape index (κ2) is 3.69. The van der Waals surface area contributed by atoms with Crippen LogP contribution in [-0.2, 0) is 0 Å². The van der Waals surface area contributed by atoms with Crippen molar-refractivity contribution in [2.45, 2.75) is 18.3 Å². The number of benzene rings is 1. The van der Waals surface area contributed by atoms with Gasteiger partial charge in [0, 0.05) is 18.0 Å². The molecule has 1 N–H and O–H groups in total. The van der Waals surface area contributed by atoms with Crippen LogP contribution >= 0.6 is 0 Å². The lowest BCUT2D eigenvalue weighted by atomic mass is 10.1. The van der Waals surface area contributed by atoms with E-state index in [0.717, 1.165) is 12.3 Å². The standard InChI is InChI=1S/C13H8F3NO2/c14-10-2-6-1-7(12(18)19)5-17-11(6)3-8(10)9-4-13(9,15)16/h1-3,5,9H,4H2,(H,18,19). The number of aromatic nitrogens is 1. The SMILES string of the molecule is O=C(O)c1cnc2cc(C3CC3(F)F)c(F)cc2c1. The Morgan fingerprint density at radius 2 is 2.05 bits per heavy atom. The summed E-state index contributed by atoms with van der Waals surface area (Å²) >= 11 is 0. The van der Waals surface area contributed by atoms with Crippen LogP contribution in [0.2, 0.25) is 0 Å². The Bertz CT molecular complexity index is 700. The van der Waals surface area contributed by atoms with Gasteiger partial charge in [0.25, 0.3) is 5.92 Å². The molecular formula is C13H8F3NO2. The fourth-order valence-corrected chi connectivity index (χ4v) is 2.10. The maximum Gasteiger partial charge on any atom is 0.337 e. The van der Waals surface area contributed by atoms with Gasteiger partial charge in [-0.15, -0.1) is 0 Å². The molecule has 1 saturated carbocycles. The molecule has 0 spiro atoms. The molecule has 19 heavy (non-hydrogen) atoms. The number of carbonyl (C=O) groups is 1. The predicted molar refractivity (Wildman–Crippen MR) is 61.0 cm³/mol. The quantitative estimate of drug-likeness (QED) is 0.909. The summed E-state index contributed by atoms with van der Waals surface area (Å²) in [5, 5.41) is 9.08. The van der Waals surface area contributed by atoms with Gasteiger partial charge in [0.1, 0.15) is 5.82 Å². The molecule has 0 bridgehead atoms. The smallest absolute Gasteiger partial charge is 0.337 e. The third-order valence-electron chi connectivity index (χ3n) is 3.25.